The van der Waals surface area contributed by atoms with Gasteiger partial charge in [-0.1, -0.05) is 39.8 Å². The Labute approximate surface area is 134 Å². The predicted octanol–water partition coefficient (Wildman–Crippen LogP) is 5.15. The van der Waals surface area contributed by atoms with E-state index >= 15 is 0 Å². The van der Waals surface area contributed by atoms with E-state index in [1.54, 1.807) is 0 Å². The van der Waals surface area contributed by atoms with Gasteiger partial charge >= 0.3 is 0 Å². The maximum absolute atomic E-state index is 10.9. The summed E-state index contributed by atoms with van der Waals surface area (Å²) in [6, 6.07) is 0. The lowest BCUT2D eigenvalue weighted by Crippen LogP contribution is -2.54. The fourth-order valence-electron chi connectivity index (χ4n) is 5.91. The molecule has 0 aromatic rings. The third-order valence-corrected chi connectivity index (χ3v) is 6.80. The van der Waals surface area contributed by atoms with Gasteiger partial charge in [-0.05, 0) is 48.9 Å². The van der Waals surface area contributed by atoms with Crippen LogP contribution in [0.1, 0.15) is 47.0 Å². The Bertz CT molecular complexity index is 493. The molecule has 3 aliphatic carbocycles. The first-order valence-electron chi connectivity index (χ1n) is 8.23. The number of hydrogen-bond donors (Lipinski definition) is 2. The Kier molecular flexibility index (Phi) is 3.63. The van der Waals surface area contributed by atoms with E-state index in [4.69, 9.17) is 4.18 Å². The molecule has 3 aliphatic rings. The summed E-state index contributed by atoms with van der Waals surface area (Å²) in [6.45, 7) is 13.4. The lowest BCUT2D eigenvalue weighted by atomic mass is 9.46. The van der Waals surface area contributed by atoms with Crippen LogP contribution in [0.3, 0.4) is 0 Å². The van der Waals surface area contributed by atoms with Crippen LogP contribution >= 0.6 is 12.9 Å². The fourth-order valence-corrected chi connectivity index (χ4v) is 6.24. The van der Waals surface area contributed by atoms with Crippen LogP contribution in [-0.4, -0.2) is 5.11 Å². The lowest BCUT2D eigenvalue weighted by molar-refractivity contribution is -0.0640. The van der Waals surface area contributed by atoms with Crippen molar-refractivity contribution in [1.82, 2.24) is 0 Å². The summed E-state index contributed by atoms with van der Waals surface area (Å²) in [5.74, 6) is 4.04. The van der Waals surface area contributed by atoms with Crippen LogP contribution in [0.25, 0.3) is 0 Å². The minimum atomic E-state index is -0.164. The highest BCUT2D eigenvalue weighted by atomic mass is 32.1. The second-order valence-electron chi connectivity index (χ2n) is 8.16. The van der Waals surface area contributed by atoms with Crippen LogP contribution in [0.2, 0.25) is 0 Å². The van der Waals surface area contributed by atoms with Gasteiger partial charge in [0.2, 0.25) is 0 Å². The van der Waals surface area contributed by atoms with E-state index in [1.165, 1.54) is 12.0 Å². The number of rotatable bonds is 1. The standard InChI is InChI=1S/C18H28O2S/c1-9-6-7-12-10(2)8-11(3)15-14(12)13(9)16(19)17(20-21)18(15,4)5/h9,11-15,19,21H,2,6-8H2,1,3-5H3/t9?,11-,12?,13?,14-,15?/m0/s1. The van der Waals surface area contributed by atoms with Crippen LogP contribution in [-0.2, 0) is 4.18 Å². The van der Waals surface area contributed by atoms with Crippen molar-refractivity contribution >= 4 is 12.9 Å². The molecule has 21 heavy (non-hydrogen) atoms. The van der Waals surface area contributed by atoms with Crippen LogP contribution in [0.5, 0.6) is 0 Å². The molecule has 0 heterocycles. The highest BCUT2D eigenvalue weighted by Crippen LogP contribution is 2.63. The Morgan fingerprint density at radius 1 is 1.24 bits per heavy atom. The van der Waals surface area contributed by atoms with Gasteiger partial charge in [0, 0.05) is 24.2 Å². The van der Waals surface area contributed by atoms with E-state index in [0.717, 1.165) is 12.8 Å². The molecule has 0 spiro atoms. The second kappa shape index (κ2) is 4.97. The maximum atomic E-state index is 10.9. The molecular weight excluding hydrogens is 280 g/mol. The van der Waals surface area contributed by atoms with Crippen molar-refractivity contribution in [3.05, 3.63) is 23.7 Å². The van der Waals surface area contributed by atoms with Gasteiger partial charge in [-0.3, -0.25) is 0 Å². The molecule has 0 aromatic heterocycles. The summed E-state index contributed by atoms with van der Waals surface area (Å²) in [5, 5.41) is 10.9. The average Bonchev–Trinajstić information content (AvgIpc) is 2.37. The smallest absolute Gasteiger partial charge is 0.157 e. The Morgan fingerprint density at radius 2 is 1.90 bits per heavy atom. The minimum Gasteiger partial charge on any atom is -0.508 e. The number of hydrogen-bond acceptors (Lipinski definition) is 3. The molecule has 2 fully saturated rings. The Hall–Kier alpha value is -0.570. The highest BCUT2D eigenvalue weighted by Gasteiger charge is 2.58. The van der Waals surface area contributed by atoms with Crippen LogP contribution < -0.4 is 0 Å². The third kappa shape index (κ3) is 1.99. The van der Waals surface area contributed by atoms with Gasteiger partial charge in [0.15, 0.2) is 5.76 Å². The summed E-state index contributed by atoms with van der Waals surface area (Å²) in [6.07, 6.45) is 3.50. The van der Waals surface area contributed by atoms with Crippen LogP contribution in [0.15, 0.2) is 23.7 Å². The largest absolute Gasteiger partial charge is 0.508 e. The number of thiol groups is 1. The maximum Gasteiger partial charge on any atom is 0.157 e. The molecule has 6 atom stereocenters. The third-order valence-electron chi connectivity index (χ3n) is 6.62. The van der Waals surface area contributed by atoms with E-state index < -0.39 is 0 Å². The zero-order valence-corrected chi connectivity index (χ0v) is 14.5. The number of aliphatic hydroxyl groups excluding tert-OH is 1. The average molecular weight is 308 g/mol. The second-order valence-corrected chi connectivity index (χ2v) is 8.34. The molecule has 0 aromatic carbocycles. The van der Waals surface area contributed by atoms with Gasteiger partial charge in [0.05, 0.1) is 0 Å². The molecule has 2 nitrogen and oxygen atoms in total. The van der Waals surface area contributed by atoms with Crippen molar-refractivity contribution < 1.29 is 9.29 Å². The molecule has 3 heteroatoms. The van der Waals surface area contributed by atoms with Crippen molar-refractivity contribution in [3.63, 3.8) is 0 Å². The topological polar surface area (TPSA) is 29.5 Å². The van der Waals surface area contributed by atoms with Gasteiger partial charge in [-0.25, -0.2) is 0 Å². The Morgan fingerprint density at radius 3 is 2.52 bits per heavy atom. The summed E-state index contributed by atoms with van der Waals surface area (Å²) in [5.41, 5.74) is 1.24. The molecule has 1 N–H and O–H groups in total. The zero-order valence-electron chi connectivity index (χ0n) is 13.6. The molecule has 0 amide bonds. The van der Waals surface area contributed by atoms with Gasteiger partial charge in [-0.15, -0.1) is 0 Å². The lowest BCUT2D eigenvalue weighted by Gasteiger charge is -2.59. The van der Waals surface area contributed by atoms with Crippen molar-refractivity contribution in [2.45, 2.75) is 47.0 Å². The highest BCUT2D eigenvalue weighted by molar-refractivity contribution is 7.75. The van der Waals surface area contributed by atoms with Crippen LogP contribution in [0, 0.1) is 40.9 Å². The molecule has 0 aliphatic heterocycles. The SMILES string of the molecule is C=C1C[C@H](C)C2[C@H]3C1CCC(C)C3C(O)=C(OS)C2(C)C. The Balaban J connectivity index is 2.18. The van der Waals surface area contributed by atoms with Gasteiger partial charge in [0.1, 0.15) is 5.76 Å². The molecule has 2 saturated carbocycles. The normalized spacial score (nSPS) is 45.3. The van der Waals surface area contributed by atoms with Crippen molar-refractivity contribution in [3.8, 4) is 0 Å². The van der Waals surface area contributed by atoms with E-state index in [-0.39, 0.29) is 11.3 Å². The molecule has 0 saturated heterocycles. The first-order chi connectivity index (χ1) is 9.80. The first kappa shape index (κ1) is 15.3. The first-order valence-corrected chi connectivity index (χ1v) is 8.59. The minimum absolute atomic E-state index is 0.164. The summed E-state index contributed by atoms with van der Waals surface area (Å²) in [4.78, 5) is 0. The number of aliphatic hydroxyl groups is 1. The molecule has 118 valence electrons. The summed E-state index contributed by atoms with van der Waals surface area (Å²) in [7, 11) is 0. The zero-order chi connectivity index (χ0) is 15.5. The van der Waals surface area contributed by atoms with E-state index in [0.29, 0.717) is 41.1 Å². The number of allylic oxidation sites excluding steroid dienone is 3. The van der Waals surface area contributed by atoms with Gasteiger partial charge in [-0.2, -0.15) is 0 Å². The van der Waals surface area contributed by atoms with E-state index in [9.17, 15) is 5.11 Å². The molecule has 4 unspecified atom stereocenters. The molecule has 0 bridgehead atoms. The quantitative estimate of drug-likeness (QED) is 0.398. The van der Waals surface area contributed by atoms with Crippen molar-refractivity contribution in [2.24, 2.45) is 40.9 Å². The summed E-state index contributed by atoms with van der Waals surface area (Å²) >= 11 is 4.05. The van der Waals surface area contributed by atoms with Crippen LogP contribution in [0.4, 0.5) is 0 Å². The van der Waals surface area contributed by atoms with Crippen molar-refractivity contribution in [2.75, 3.05) is 0 Å². The fraction of sp³-hybridized carbons (Fsp3) is 0.778. The van der Waals surface area contributed by atoms with Gasteiger partial charge < -0.3 is 9.29 Å². The molecule has 3 rings (SSSR count). The van der Waals surface area contributed by atoms with E-state index in [2.05, 4.69) is 47.2 Å². The summed E-state index contributed by atoms with van der Waals surface area (Å²) < 4.78 is 5.38. The predicted molar refractivity (Wildman–Crippen MR) is 88.8 cm³/mol. The molecule has 0 radical (unpaired) electrons. The molecular formula is C18H28O2S. The van der Waals surface area contributed by atoms with Gasteiger partial charge in [0.25, 0.3) is 0 Å². The van der Waals surface area contributed by atoms with E-state index in [1.807, 2.05) is 0 Å². The monoisotopic (exact) mass is 308 g/mol. The van der Waals surface area contributed by atoms with Crippen molar-refractivity contribution in [1.29, 1.82) is 0 Å².